The molecule has 1 aliphatic heterocycles. The number of rotatable bonds is 1. The smallest absolute Gasteiger partial charge is 0.219 e. The van der Waals surface area contributed by atoms with Gasteiger partial charge < -0.3 is 4.42 Å². The predicted octanol–water partition coefficient (Wildman–Crippen LogP) is 7.86. The van der Waals surface area contributed by atoms with E-state index < -0.39 is 0 Å². The van der Waals surface area contributed by atoms with Gasteiger partial charge in [0.15, 0.2) is 0 Å². The van der Waals surface area contributed by atoms with Crippen LogP contribution in [0.15, 0.2) is 68.8 Å². The van der Waals surface area contributed by atoms with Gasteiger partial charge in [0.1, 0.15) is 5.58 Å². The van der Waals surface area contributed by atoms with Crippen molar-refractivity contribution in [3.8, 4) is 0 Å². The highest BCUT2D eigenvalue weighted by Crippen LogP contribution is 2.56. The van der Waals surface area contributed by atoms with Gasteiger partial charge in [-0.3, -0.25) is 4.90 Å². The van der Waals surface area contributed by atoms with Crippen LogP contribution in [0.4, 0.5) is 17.3 Å². The minimum absolute atomic E-state index is 0.964. The standard InChI is InChI=1S/C26H23NOS/c1-16-11-13-23-20(14-16)25-26(28-23)27(22-12-10-17(2)15-24(22)29-25)21-9-5-7-18-6-3-4-8-19(18)21/h5,7,9-15H,3-4,6,8H2,1-2H3. The number of furan rings is 1. The lowest BCUT2D eigenvalue weighted by Crippen LogP contribution is -2.17. The largest absolute Gasteiger partial charge is 0.439 e. The molecule has 0 N–H and O–H groups in total. The summed E-state index contributed by atoms with van der Waals surface area (Å²) in [5, 5.41) is 1.21. The molecule has 0 spiro atoms. The Kier molecular flexibility index (Phi) is 3.82. The highest BCUT2D eigenvalue weighted by molar-refractivity contribution is 8.00. The molecule has 0 amide bonds. The molecule has 2 aliphatic rings. The van der Waals surface area contributed by atoms with Crippen LogP contribution in [0.5, 0.6) is 0 Å². The molecule has 0 bridgehead atoms. The Bertz CT molecular complexity index is 1270. The Morgan fingerprint density at radius 2 is 1.69 bits per heavy atom. The van der Waals surface area contributed by atoms with Gasteiger partial charge in [-0.05, 0) is 86.6 Å². The van der Waals surface area contributed by atoms with Crippen LogP contribution in [0.2, 0.25) is 0 Å². The molecule has 0 saturated carbocycles. The molecule has 1 aromatic heterocycles. The number of aryl methyl sites for hydroxylation is 3. The minimum Gasteiger partial charge on any atom is -0.439 e. The summed E-state index contributed by atoms with van der Waals surface area (Å²) in [6.07, 6.45) is 4.88. The molecule has 6 rings (SSSR count). The first kappa shape index (κ1) is 17.2. The molecule has 29 heavy (non-hydrogen) atoms. The summed E-state index contributed by atoms with van der Waals surface area (Å²) >= 11 is 1.84. The Morgan fingerprint density at radius 1 is 0.862 bits per heavy atom. The van der Waals surface area contributed by atoms with Gasteiger partial charge in [0.2, 0.25) is 5.88 Å². The van der Waals surface area contributed by atoms with Crippen LogP contribution in [0, 0.1) is 13.8 Å². The first-order valence-corrected chi connectivity index (χ1v) is 11.2. The van der Waals surface area contributed by atoms with E-state index in [1.165, 1.54) is 68.1 Å². The van der Waals surface area contributed by atoms with Gasteiger partial charge in [0.25, 0.3) is 0 Å². The summed E-state index contributed by atoms with van der Waals surface area (Å²) in [5.41, 5.74) is 9.01. The van der Waals surface area contributed by atoms with E-state index in [0.717, 1.165) is 17.9 Å². The molecule has 0 saturated heterocycles. The SMILES string of the molecule is Cc1ccc2c(c1)Sc1c(oc3ccc(C)cc13)N2c1cccc2c1CCCC2. The highest BCUT2D eigenvalue weighted by atomic mass is 32.2. The van der Waals surface area contributed by atoms with Gasteiger partial charge in [0, 0.05) is 10.3 Å². The summed E-state index contributed by atoms with van der Waals surface area (Å²) < 4.78 is 6.50. The van der Waals surface area contributed by atoms with Crippen molar-refractivity contribution >= 4 is 40.0 Å². The average molecular weight is 398 g/mol. The third kappa shape index (κ3) is 2.64. The van der Waals surface area contributed by atoms with Crippen molar-refractivity contribution in [2.75, 3.05) is 4.90 Å². The van der Waals surface area contributed by atoms with Crippen LogP contribution in [0.3, 0.4) is 0 Å². The lowest BCUT2D eigenvalue weighted by atomic mass is 9.90. The van der Waals surface area contributed by atoms with E-state index in [9.17, 15) is 0 Å². The number of benzene rings is 3. The maximum atomic E-state index is 6.50. The van der Waals surface area contributed by atoms with Gasteiger partial charge >= 0.3 is 0 Å². The van der Waals surface area contributed by atoms with Gasteiger partial charge in [0.05, 0.1) is 16.3 Å². The summed E-state index contributed by atoms with van der Waals surface area (Å²) in [7, 11) is 0. The molecule has 0 radical (unpaired) electrons. The first-order valence-electron chi connectivity index (χ1n) is 10.4. The molecule has 0 unspecified atom stereocenters. The van der Waals surface area contributed by atoms with Crippen molar-refractivity contribution in [2.24, 2.45) is 0 Å². The summed E-state index contributed by atoms with van der Waals surface area (Å²) in [6, 6.07) is 20.0. The fourth-order valence-corrected chi connectivity index (χ4v) is 5.96. The highest BCUT2D eigenvalue weighted by Gasteiger charge is 2.32. The molecule has 0 fully saturated rings. The monoisotopic (exact) mass is 397 g/mol. The zero-order chi connectivity index (χ0) is 19.5. The lowest BCUT2D eigenvalue weighted by Gasteiger charge is -2.32. The normalized spacial score (nSPS) is 15.2. The minimum atomic E-state index is 0.964. The molecular formula is C26H23NOS. The zero-order valence-corrected chi connectivity index (χ0v) is 17.6. The molecular weight excluding hydrogens is 374 g/mol. The van der Waals surface area contributed by atoms with E-state index in [4.69, 9.17) is 4.42 Å². The molecule has 3 aromatic carbocycles. The van der Waals surface area contributed by atoms with Crippen molar-refractivity contribution in [3.05, 3.63) is 76.9 Å². The maximum absolute atomic E-state index is 6.50. The summed E-state index contributed by atoms with van der Waals surface area (Å²) in [6.45, 7) is 4.32. The Hall–Kier alpha value is -2.65. The van der Waals surface area contributed by atoms with E-state index in [1.807, 2.05) is 11.8 Å². The second-order valence-corrected chi connectivity index (χ2v) is 9.32. The van der Waals surface area contributed by atoms with Crippen LogP contribution in [0.25, 0.3) is 11.0 Å². The average Bonchev–Trinajstić information content (AvgIpc) is 3.09. The molecule has 144 valence electrons. The van der Waals surface area contributed by atoms with E-state index >= 15 is 0 Å². The van der Waals surface area contributed by atoms with Crippen molar-refractivity contribution in [1.29, 1.82) is 0 Å². The zero-order valence-electron chi connectivity index (χ0n) is 16.8. The van der Waals surface area contributed by atoms with Crippen LogP contribution < -0.4 is 4.90 Å². The second-order valence-electron chi connectivity index (χ2n) is 8.27. The van der Waals surface area contributed by atoms with Crippen LogP contribution >= 0.6 is 11.8 Å². The Labute approximate surface area is 175 Å². The van der Waals surface area contributed by atoms with Crippen LogP contribution in [0.1, 0.15) is 35.1 Å². The molecule has 3 heteroatoms. The number of anilines is 3. The van der Waals surface area contributed by atoms with Crippen molar-refractivity contribution < 1.29 is 4.42 Å². The van der Waals surface area contributed by atoms with Gasteiger partial charge in [-0.2, -0.15) is 0 Å². The lowest BCUT2D eigenvalue weighted by molar-refractivity contribution is 0.610. The topological polar surface area (TPSA) is 16.4 Å². The van der Waals surface area contributed by atoms with Gasteiger partial charge in [-0.1, -0.05) is 41.6 Å². The van der Waals surface area contributed by atoms with E-state index in [2.05, 4.69) is 73.3 Å². The third-order valence-corrected chi connectivity index (χ3v) is 7.31. The molecule has 2 heterocycles. The first-order chi connectivity index (χ1) is 14.2. The molecule has 1 aliphatic carbocycles. The van der Waals surface area contributed by atoms with Crippen LogP contribution in [-0.2, 0) is 12.8 Å². The predicted molar refractivity (Wildman–Crippen MR) is 121 cm³/mol. The second kappa shape index (κ2) is 6.43. The molecule has 2 nitrogen and oxygen atoms in total. The number of nitrogens with zero attached hydrogens (tertiary/aromatic N) is 1. The fourth-order valence-electron chi connectivity index (χ4n) is 4.74. The number of hydrogen-bond donors (Lipinski definition) is 0. The fraction of sp³-hybridized carbons (Fsp3) is 0.231. The Morgan fingerprint density at radius 3 is 2.62 bits per heavy atom. The Balaban J connectivity index is 1.66. The van der Waals surface area contributed by atoms with E-state index in [0.29, 0.717) is 0 Å². The quantitative estimate of drug-likeness (QED) is 0.286. The van der Waals surface area contributed by atoms with Gasteiger partial charge in [-0.25, -0.2) is 0 Å². The van der Waals surface area contributed by atoms with Gasteiger partial charge in [-0.15, -0.1) is 0 Å². The van der Waals surface area contributed by atoms with Crippen molar-refractivity contribution in [2.45, 2.75) is 49.3 Å². The van der Waals surface area contributed by atoms with Crippen LogP contribution in [-0.4, -0.2) is 0 Å². The summed E-state index contributed by atoms with van der Waals surface area (Å²) in [4.78, 5) is 4.91. The van der Waals surface area contributed by atoms with Crippen molar-refractivity contribution in [3.63, 3.8) is 0 Å². The molecule has 0 atom stereocenters. The number of hydrogen-bond acceptors (Lipinski definition) is 3. The number of fused-ring (bicyclic) bond motifs is 5. The van der Waals surface area contributed by atoms with E-state index in [-0.39, 0.29) is 0 Å². The van der Waals surface area contributed by atoms with Crippen molar-refractivity contribution in [1.82, 2.24) is 0 Å². The molecule has 4 aromatic rings. The summed E-state index contributed by atoms with van der Waals surface area (Å²) in [5.74, 6) is 0.964. The van der Waals surface area contributed by atoms with E-state index in [1.54, 1.807) is 0 Å². The third-order valence-electron chi connectivity index (χ3n) is 6.16. The maximum Gasteiger partial charge on any atom is 0.219 e.